The minimum Gasteiger partial charge on any atom is -0.480 e. The van der Waals surface area contributed by atoms with Crippen molar-refractivity contribution in [1.29, 1.82) is 0 Å². The Morgan fingerprint density at radius 3 is 2.07 bits per heavy atom. The summed E-state index contributed by atoms with van der Waals surface area (Å²) in [5.74, 6) is -3.34. The molecule has 0 aliphatic heterocycles. The Kier molecular flexibility index (Phi) is 10.3. The fourth-order valence-electron chi connectivity index (χ4n) is 2.60. The molecule has 3 amide bonds. The predicted octanol–water partition coefficient (Wildman–Crippen LogP) is -0.299. The zero-order chi connectivity index (χ0) is 22.8. The third kappa shape index (κ3) is 8.03. The van der Waals surface area contributed by atoms with Crippen LogP contribution in [0.3, 0.4) is 0 Å². The lowest BCUT2D eigenvalue weighted by Gasteiger charge is -2.24. The Morgan fingerprint density at radius 1 is 0.967 bits per heavy atom. The highest BCUT2D eigenvalue weighted by Crippen LogP contribution is 2.04. The SMILES string of the molecule is CC(NC(=O)C(N)Cc1ccccc1)C(=O)NC(CS)C(=O)NC(C(=O)O)C(C)C. The van der Waals surface area contributed by atoms with E-state index < -0.39 is 47.9 Å². The number of benzene rings is 1. The maximum Gasteiger partial charge on any atom is 0.326 e. The van der Waals surface area contributed by atoms with Gasteiger partial charge in [-0.2, -0.15) is 12.6 Å². The van der Waals surface area contributed by atoms with Crippen LogP contribution < -0.4 is 21.7 Å². The first-order valence-electron chi connectivity index (χ1n) is 9.61. The van der Waals surface area contributed by atoms with E-state index in [1.54, 1.807) is 13.8 Å². The molecule has 6 N–H and O–H groups in total. The second-order valence-electron chi connectivity index (χ2n) is 7.34. The number of aliphatic carboxylic acids is 1. The largest absolute Gasteiger partial charge is 0.480 e. The van der Waals surface area contributed by atoms with E-state index in [-0.39, 0.29) is 11.7 Å². The van der Waals surface area contributed by atoms with Crippen LogP contribution in [0.5, 0.6) is 0 Å². The van der Waals surface area contributed by atoms with Gasteiger partial charge in [-0.25, -0.2) is 4.79 Å². The van der Waals surface area contributed by atoms with Gasteiger partial charge in [-0.3, -0.25) is 14.4 Å². The van der Waals surface area contributed by atoms with Crippen molar-refractivity contribution in [2.75, 3.05) is 5.75 Å². The highest BCUT2D eigenvalue weighted by Gasteiger charge is 2.29. The number of carboxylic acids is 1. The van der Waals surface area contributed by atoms with Crippen LogP contribution in [0.15, 0.2) is 30.3 Å². The molecule has 4 unspecified atom stereocenters. The van der Waals surface area contributed by atoms with Gasteiger partial charge in [0.25, 0.3) is 0 Å². The highest BCUT2D eigenvalue weighted by molar-refractivity contribution is 7.80. The third-order valence-corrected chi connectivity index (χ3v) is 4.80. The van der Waals surface area contributed by atoms with Gasteiger partial charge in [0.15, 0.2) is 0 Å². The molecule has 0 bridgehead atoms. The summed E-state index contributed by atoms with van der Waals surface area (Å²) in [7, 11) is 0. The second kappa shape index (κ2) is 12.2. The number of carbonyl (C=O) groups excluding carboxylic acids is 3. The summed E-state index contributed by atoms with van der Waals surface area (Å²) in [5.41, 5.74) is 6.80. The maximum absolute atomic E-state index is 12.4. The molecule has 4 atom stereocenters. The van der Waals surface area contributed by atoms with Gasteiger partial charge in [0.2, 0.25) is 17.7 Å². The fraction of sp³-hybridized carbons (Fsp3) is 0.500. The van der Waals surface area contributed by atoms with Crippen LogP contribution in [0.1, 0.15) is 26.3 Å². The summed E-state index contributed by atoms with van der Waals surface area (Å²) in [4.78, 5) is 48.3. The Balaban J connectivity index is 2.62. The fourth-order valence-corrected chi connectivity index (χ4v) is 2.86. The molecule has 0 aliphatic carbocycles. The smallest absolute Gasteiger partial charge is 0.326 e. The highest BCUT2D eigenvalue weighted by atomic mass is 32.1. The molecule has 0 fully saturated rings. The normalized spacial score (nSPS) is 14.9. The van der Waals surface area contributed by atoms with Crippen molar-refractivity contribution in [3.8, 4) is 0 Å². The predicted molar refractivity (Wildman–Crippen MR) is 116 cm³/mol. The molecule has 0 saturated carbocycles. The first-order valence-corrected chi connectivity index (χ1v) is 10.2. The van der Waals surface area contributed by atoms with Gasteiger partial charge in [0.05, 0.1) is 6.04 Å². The molecule has 9 nitrogen and oxygen atoms in total. The van der Waals surface area contributed by atoms with E-state index in [1.807, 2.05) is 30.3 Å². The number of rotatable bonds is 11. The number of nitrogens with two attached hydrogens (primary N) is 1. The number of hydrogen-bond donors (Lipinski definition) is 6. The van der Waals surface area contributed by atoms with Crippen molar-refractivity contribution >= 4 is 36.3 Å². The van der Waals surface area contributed by atoms with E-state index in [4.69, 9.17) is 5.73 Å². The average molecular weight is 439 g/mol. The molecule has 0 radical (unpaired) electrons. The quantitative estimate of drug-likeness (QED) is 0.261. The molecule has 0 saturated heterocycles. The summed E-state index contributed by atoms with van der Waals surface area (Å²) >= 11 is 4.05. The lowest BCUT2D eigenvalue weighted by Crippen LogP contribution is -2.57. The summed E-state index contributed by atoms with van der Waals surface area (Å²) in [6.45, 7) is 4.78. The van der Waals surface area contributed by atoms with E-state index in [0.717, 1.165) is 5.56 Å². The van der Waals surface area contributed by atoms with Gasteiger partial charge in [-0.15, -0.1) is 0 Å². The number of nitrogens with one attached hydrogen (secondary N) is 3. The number of carbonyl (C=O) groups is 4. The first kappa shape index (κ1) is 25.4. The molecule has 0 aromatic heterocycles. The molecule has 1 aromatic rings. The van der Waals surface area contributed by atoms with Crippen molar-refractivity contribution in [1.82, 2.24) is 16.0 Å². The molecule has 0 aliphatic rings. The molecule has 1 aromatic carbocycles. The summed E-state index contributed by atoms with van der Waals surface area (Å²) < 4.78 is 0. The number of amides is 3. The van der Waals surface area contributed by atoms with Crippen LogP contribution in [0.25, 0.3) is 0 Å². The Morgan fingerprint density at radius 2 is 1.57 bits per heavy atom. The van der Waals surface area contributed by atoms with Crippen molar-refractivity contribution in [2.24, 2.45) is 11.7 Å². The van der Waals surface area contributed by atoms with Gasteiger partial charge >= 0.3 is 5.97 Å². The molecule has 1 rings (SSSR count). The van der Waals surface area contributed by atoms with E-state index in [1.165, 1.54) is 6.92 Å². The third-order valence-electron chi connectivity index (χ3n) is 4.43. The molecule has 0 heterocycles. The summed E-state index contributed by atoms with van der Waals surface area (Å²) in [5, 5.41) is 16.6. The number of hydrogen-bond acceptors (Lipinski definition) is 6. The first-order chi connectivity index (χ1) is 14.1. The zero-order valence-corrected chi connectivity index (χ0v) is 18.2. The summed E-state index contributed by atoms with van der Waals surface area (Å²) in [6.07, 6.45) is 0.314. The van der Waals surface area contributed by atoms with Gasteiger partial charge in [0.1, 0.15) is 18.1 Å². The standard InChI is InChI=1S/C20H30N4O5S/c1-11(2)16(20(28)29)24-19(27)15(10-30)23-17(25)12(3)22-18(26)14(21)9-13-7-5-4-6-8-13/h4-8,11-12,14-16,30H,9-10,21H2,1-3H3,(H,22,26)(H,23,25)(H,24,27)(H,28,29). The van der Waals surface area contributed by atoms with Gasteiger partial charge in [-0.1, -0.05) is 44.2 Å². The van der Waals surface area contributed by atoms with Gasteiger partial charge < -0.3 is 26.8 Å². The van der Waals surface area contributed by atoms with Gasteiger partial charge in [0, 0.05) is 5.75 Å². The van der Waals surface area contributed by atoms with E-state index in [2.05, 4.69) is 28.6 Å². The van der Waals surface area contributed by atoms with Crippen molar-refractivity contribution < 1.29 is 24.3 Å². The second-order valence-corrected chi connectivity index (χ2v) is 7.70. The minimum atomic E-state index is -1.17. The van der Waals surface area contributed by atoms with Crippen LogP contribution in [0.4, 0.5) is 0 Å². The number of thiol groups is 1. The van der Waals surface area contributed by atoms with Crippen LogP contribution in [0, 0.1) is 5.92 Å². The topological polar surface area (TPSA) is 151 Å². The molecular formula is C20H30N4O5S. The molecule has 30 heavy (non-hydrogen) atoms. The molecule has 0 spiro atoms. The Hall–Kier alpha value is -2.59. The van der Waals surface area contributed by atoms with Crippen molar-refractivity contribution in [2.45, 2.75) is 51.4 Å². The van der Waals surface area contributed by atoms with Crippen molar-refractivity contribution in [3.05, 3.63) is 35.9 Å². The van der Waals surface area contributed by atoms with Crippen molar-refractivity contribution in [3.63, 3.8) is 0 Å². The van der Waals surface area contributed by atoms with Crippen LogP contribution >= 0.6 is 12.6 Å². The van der Waals surface area contributed by atoms with E-state index in [9.17, 15) is 24.3 Å². The monoisotopic (exact) mass is 438 g/mol. The Bertz CT molecular complexity index is 744. The van der Waals surface area contributed by atoms with E-state index >= 15 is 0 Å². The lowest BCUT2D eigenvalue weighted by molar-refractivity contribution is -0.143. The lowest BCUT2D eigenvalue weighted by atomic mass is 10.0. The zero-order valence-electron chi connectivity index (χ0n) is 17.3. The Labute approximate surface area is 181 Å². The maximum atomic E-state index is 12.4. The number of carboxylic acid groups (broad SMARTS) is 1. The molecular weight excluding hydrogens is 408 g/mol. The minimum absolute atomic E-state index is 0.0454. The molecule has 166 valence electrons. The summed E-state index contributed by atoms with van der Waals surface area (Å²) in [6, 6.07) is 5.30. The van der Waals surface area contributed by atoms with E-state index in [0.29, 0.717) is 6.42 Å². The van der Waals surface area contributed by atoms with Crippen LogP contribution in [-0.4, -0.2) is 58.7 Å². The van der Waals surface area contributed by atoms with Gasteiger partial charge in [-0.05, 0) is 24.8 Å². The average Bonchev–Trinajstić information content (AvgIpc) is 2.69. The van der Waals surface area contributed by atoms with Crippen LogP contribution in [0.2, 0.25) is 0 Å². The molecule has 10 heteroatoms. The van der Waals surface area contributed by atoms with Crippen LogP contribution in [-0.2, 0) is 25.6 Å².